The minimum Gasteiger partial charge on any atom is -0.466 e. The maximum atomic E-state index is 14.1. The van der Waals surface area contributed by atoms with Gasteiger partial charge in [-0.1, -0.05) is 35.9 Å². The molecule has 12 heteroatoms. The number of ether oxygens (including phenoxy) is 1. The van der Waals surface area contributed by atoms with Crippen LogP contribution in [0, 0.1) is 27.2 Å². The largest absolute Gasteiger partial charge is 0.466 e. The molecule has 4 rings (SSSR count). The van der Waals surface area contributed by atoms with Gasteiger partial charge in [-0.15, -0.1) is 0 Å². The van der Waals surface area contributed by atoms with Crippen LogP contribution in [0.5, 0.6) is 0 Å². The lowest BCUT2D eigenvalue weighted by atomic mass is 9.78. The van der Waals surface area contributed by atoms with Gasteiger partial charge in [0.1, 0.15) is 6.04 Å². The summed E-state index contributed by atoms with van der Waals surface area (Å²) in [6.07, 6.45) is -0.349. The van der Waals surface area contributed by atoms with Crippen LogP contribution in [-0.4, -0.2) is 36.9 Å². The summed E-state index contributed by atoms with van der Waals surface area (Å²) in [6, 6.07) is 14.4. The normalized spacial score (nSPS) is 18.9. The summed E-state index contributed by atoms with van der Waals surface area (Å²) in [5.74, 6) is -1.68. The Balaban J connectivity index is 2.00. The summed E-state index contributed by atoms with van der Waals surface area (Å²) in [4.78, 5) is 35.1. The molecule has 0 saturated heterocycles. The molecule has 0 unspecified atom stereocenters. The minimum atomic E-state index is -4.37. The molecule has 3 atom stereocenters. The van der Waals surface area contributed by atoms with Crippen molar-refractivity contribution in [1.29, 1.82) is 0 Å². The third-order valence-electron chi connectivity index (χ3n) is 6.52. The van der Waals surface area contributed by atoms with Gasteiger partial charge < -0.3 is 4.74 Å². The van der Waals surface area contributed by atoms with Crippen LogP contribution >= 0.6 is 0 Å². The highest BCUT2D eigenvalue weighted by atomic mass is 32.2. The number of aryl methyl sites for hydroxylation is 1. The standard InChI is InChI=1S/C26H25N3O8S/c1-3-37-24(30)16-22-21-6-4-5-7-23(21)27(38(35,36)20-14-8-17(2)9-15-20)25(26(22)29(33)34)18-10-12-19(13-11-18)28(31)32/h4-15,22,25-26H,3,16H2,1-2H3/t22-,25-,26+/m1/s1. The highest BCUT2D eigenvalue weighted by Crippen LogP contribution is 2.50. The molecule has 3 aromatic carbocycles. The number of benzene rings is 3. The first-order valence-electron chi connectivity index (χ1n) is 11.8. The molecule has 0 bridgehead atoms. The van der Waals surface area contributed by atoms with Crippen molar-refractivity contribution in [2.24, 2.45) is 0 Å². The first-order valence-corrected chi connectivity index (χ1v) is 13.2. The summed E-state index contributed by atoms with van der Waals surface area (Å²) >= 11 is 0. The summed E-state index contributed by atoms with van der Waals surface area (Å²) in [5, 5.41) is 23.9. The number of carbonyl (C=O) groups is 1. The Bertz CT molecular complexity index is 1470. The molecular formula is C26H25N3O8S. The van der Waals surface area contributed by atoms with Gasteiger partial charge in [-0.3, -0.25) is 29.3 Å². The van der Waals surface area contributed by atoms with Crippen molar-refractivity contribution >= 4 is 27.4 Å². The van der Waals surface area contributed by atoms with Crippen molar-refractivity contribution < 1.29 is 27.8 Å². The lowest BCUT2D eigenvalue weighted by Gasteiger charge is -2.42. The SMILES string of the molecule is CCOC(=O)C[C@@H]1c2ccccc2N(S(=O)(=O)c2ccc(C)cc2)[C@H](c2ccc([N+](=O)[O-])cc2)[C@H]1[N+](=O)[O-]. The molecule has 0 N–H and O–H groups in total. The van der Waals surface area contributed by atoms with E-state index in [9.17, 15) is 33.4 Å². The number of sulfonamides is 1. The van der Waals surface area contributed by atoms with Crippen LogP contribution in [0.2, 0.25) is 0 Å². The molecule has 3 aromatic rings. The van der Waals surface area contributed by atoms with Crippen LogP contribution in [0.15, 0.2) is 77.7 Å². The average Bonchev–Trinajstić information content (AvgIpc) is 2.88. The molecule has 1 aliphatic heterocycles. The van der Waals surface area contributed by atoms with E-state index < -0.39 is 43.8 Å². The number of para-hydroxylation sites is 1. The van der Waals surface area contributed by atoms with E-state index in [1.54, 1.807) is 44.2 Å². The van der Waals surface area contributed by atoms with E-state index in [4.69, 9.17) is 4.74 Å². The Morgan fingerprint density at radius 3 is 2.18 bits per heavy atom. The Labute approximate surface area is 219 Å². The lowest BCUT2D eigenvalue weighted by Crippen LogP contribution is -2.50. The number of non-ortho nitro benzene ring substituents is 1. The Morgan fingerprint density at radius 2 is 1.61 bits per heavy atom. The fourth-order valence-electron chi connectivity index (χ4n) is 4.82. The molecule has 38 heavy (non-hydrogen) atoms. The van der Waals surface area contributed by atoms with Gasteiger partial charge in [0.25, 0.3) is 15.7 Å². The van der Waals surface area contributed by atoms with Crippen LogP contribution in [0.25, 0.3) is 0 Å². The zero-order valence-electron chi connectivity index (χ0n) is 20.6. The molecule has 0 amide bonds. The van der Waals surface area contributed by atoms with E-state index in [2.05, 4.69) is 0 Å². The second-order valence-corrected chi connectivity index (χ2v) is 10.7. The highest BCUT2D eigenvalue weighted by molar-refractivity contribution is 7.92. The number of fused-ring (bicyclic) bond motifs is 1. The van der Waals surface area contributed by atoms with Crippen LogP contribution in [-0.2, 0) is 19.6 Å². The van der Waals surface area contributed by atoms with Crippen LogP contribution in [0.1, 0.15) is 42.0 Å². The summed E-state index contributed by atoms with van der Waals surface area (Å²) in [6.45, 7) is 3.50. The minimum absolute atomic E-state index is 0.0734. The van der Waals surface area contributed by atoms with E-state index in [1.165, 1.54) is 42.5 Å². The Morgan fingerprint density at radius 1 is 0.974 bits per heavy atom. The molecule has 0 saturated carbocycles. The van der Waals surface area contributed by atoms with Crippen LogP contribution < -0.4 is 4.31 Å². The molecule has 198 valence electrons. The van der Waals surface area contributed by atoms with E-state index in [1.807, 2.05) is 0 Å². The predicted octanol–water partition coefficient (Wildman–Crippen LogP) is 4.54. The van der Waals surface area contributed by atoms with E-state index in [0.29, 0.717) is 5.56 Å². The number of nitro groups is 2. The van der Waals surface area contributed by atoms with Crippen molar-refractivity contribution in [3.8, 4) is 0 Å². The van der Waals surface area contributed by atoms with Crippen molar-refractivity contribution in [1.82, 2.24) is 0 Å². The first kappa shape index (κ1) is 26.7. The van der Waals surface area contributed by atoms with E-state index in [0.717, 1.165) is 9.87 Å². The third-order valence-corrected chi connectivity index (χ3v) is 8.33. The van der Waals surface area contributed by atoms with Crippen molar-refractivity contribution in [3.63, 3.8) is 0 Å². The second-order valence-electron chi connectivity index (χ2n) is 8.86. The molecule has 11 nitrogen and oxygen atoms in total. The monoisotopic (exact) mass is 539 g/mol. The maximum absolute atomic E-state index is 14.1. The molecule has 1 heterocycles. The van der Waals surface area contributed by atoms with E-state index in [-0.39, 0.29) is 34.9 Å². The number of rotatable bonds is 8. The summed E-state index contributed by atoms with van der Waals surface area (Å²) < 4.78 is 34.3. The van der Waals surface area contributed by atoms with Gasteiger partial charge in [0.05, 0.1) is 34.5 Å². The number of anilines is 1. The molecule has 0 aliphatic carbocycles. The van der Waals surface area contributed by atoms with Crippen LogP contribution in [0.3, 0.4) is 0 Å². The molecule has 0 radical (unpaired) electrons. The molecule has 1 aliphatic rings. The van der Waals surface area contributed by atoms with Gasteiger partial charge in [-0.05, 0) is 55.3 Å². The summed E-state index contributed by atoms with van der Waals surface area (Å²) in [7, 11) is -4.37. The van der Waals surface area contributed by atoms with Crippen molar-refractivity contribution in [2.45, 2.75) is 43.2 Å². The smallest absolute Gasteiger partial charge is 0.306 e. The Hall–Kier alpha value is -4.32. The zero-order chi connectivity index (χ0) is 27.6. The number of hydrogen-bond donors (Lipinski definition) is 0. The second kappa shape index (κ2) is 10.6. The van der Waals surface area contributed by atoms with Gasteiger partial charge in [0.2, 0.25) is 6.04 Å². The van der Waals surface area contributed by atoms with Gasteiger partial charge in [0.15, 0.2) is 0 Å². The topological polar surface area (TPSA) is 150 Å². The van der Waals surface area contributed by atoms with Crippen LogP contribution in [0.4, 0.5) is 11.4 Å². The van der Waals surface area contributed by atoms with Gasteiger partial charge in [-0.25, -0.2) is 8.42 Å². The number of nitro benzene ring substituents is 1. The third kappa shape index (κ3) is 4.94. The van der Waals surface area contributed by atoms with Crippen molar-refractivity contribution in [3.05, 3.63) is 110 Å². The van der Waals surface area contributed by atoms with Gasteiger partial charge >= 0.3 is 5.97 Å². The average molecular weight is 540 g/mol. The highest BCUT2D eigenvalue weighted by Gasteiger charge is 2.53. The number of carbonyl (C=O) groups excluding carboxylic acids is 1. The predicted molar refractivity (Wildman–Crippen MR) is 138 cm³/mol. The first-order chi connectivity index (χ1) is 18.1. The molecule has 0 fully saturated rings. The molecular weight excluding hydrogens is 514 g/mol. The fraction of sp³-hybridized carbons (Fsp3) is 0.269. The zero-order valence-corrected chi connectivity index (χ0v) is 21.4. The number of hydrogen-bond acceptors (Lipinski definition) is 8. The number of nitrogens with zero attached hydrogens (tertiary/aromatic N) is 3. The van der Waals surface area contributed by atoms with Gasteiger partial charge in [-0.2, -0.15) is 0 Å². The maximum Gasteiger partial charge on any atom is 0.306 e. The lowest BCUT2D eigenvalue weighted by molar-refractivity contribution is -0.531. The number of esters is 1. The quantitative estimate of drug-likeness (QED) is 0.230. The van der Waals surface area contributed by atoms with Gasteiger partial charge in [0, 0.05) is 17.1 Å². The Kier molecular flexibility index (Phi) is 7.44. The molecule has 0 aromatic heterocycles. The fourth-order valence-corrected chi connectivity index (χ4v) is 6.49. The molecule has 0 spiro atoms. The van der Waals surface area contributed by atoms with E-state index >= 15 is 0 Å². The summed E-state index contributed by atoms with van der Waals surface area (Å²) in [5.41, 5.74) is 1.25. The van der Waals surface area contributed by atoms with Crippen molar-refractivity contribution in [2.75, 3.05) is 10.9 Å².